The Morgan fingerprint density at radius 2 is 2.04 bits per heavy atom. The first-order valence-electron chi connectivity index (χ1n) is 8.65. The number of carbonyl (C=O) groups excluding carboxylic acids is 2. The molecule has 9 heteroatoms. The van der Waals surface area contributed by atoms with Crippen molar-refractivity contribution in [3.63, 3.8) is 0 Å². The van der Waals surface area contributed by atoms with E-state index in [4.69, 9.17) is 9.47 Å². The maximum atomic E-state index is 12.4. The molecule has 4 N–H and O–H groups in total. The third-order valence-corrected chi connectivity index (χ3v) is 4.35. The van der Waals surface area contributed by atoms with Crippen molar-refractivity contribution in [3.8, 4) is 11.5 Å². The minimum Gasteiger partial charge on any atom is -0.454 e. The Bertz CT molecular complexity index is 1030. The van der Waals surface area contributed by atoms with Crippen LogP contribution in [0.5, 0.6) is 11.5 Å². The number of nitrogens with one attached hydrogen (secondary N) is 3. The van der Waals surface area contributed by atoms with Crippen LogP contribution in [0.2, 0.25) is 0 Å². The lowest BCUT2D eigenvalue weighted by molar-refractivity contribution is -0.126. The van der Waals surface area contributed by atoms with Gasteiger partial charge in [-0.25, -0.2) is 0 Å². The van der Waals surface area contributed by atoms with Crippen molar-refractivity contribution in [1.29, 1.82) is 0 Å². The minimum absolute atomic E-state index is 0.0422. The van der Waals surface area contributed by atoms with E-state index in [9.17, 15) is 14.7 Å². The Kier molecular flexibility index (Phi) is 4.81. The van der Waals surface area contributed by atoms with E-state index in [1.165, 1.54) is 0 Å². The normalized spacial score (nSPS) is 13.3. The standard InChI is InChI=1S/C19H18N4O5/c24-9-15(19(26)21-13-3-2-12-8-20-23-14(12)7-13)22-18(25)6-11-1-4-16-17(5-11)28-10-27-16/h1-5,7-8,15,24H,6,9-10H2,(H,20,23)(H,21,26)(H,22,25). The number of H-pyrrole nitrogens is 1. The topological polar surface area (TPSA) is 126 Å². The minimum atomic E-state index is -1.07. The smallest absolute Gasteiger partial charge is 0.249 e. The third-order valence-electron chi connectivity index (χ3n) is 4.35. The summed E-state index contributed by atoms with van der Waals surface area (Å²) >= 11 is 0. The van der Waals surface area contributed by atoms with Gasteiger partial charge in [0.05, 0.1) is 24.7 Å². The van der Waals surface area contributed by atoms with E-state index in [0.717, 1.165) is 10.9 Å². The molecular formula is C19H18N4O5. The van der Waals surface area contributed by atoms with Crippen LogP contribution in [0.1, 0.15) is 5.56 Å². The van der Waals surface area contributed by atoms with Gasteiger partial charge in [0.1, 0.15) is 6.04 Å². The molecule has 0 aliphatic carbocycles. The summed E-state index contributed by atoms with van der Waals surface area (Å²) in [5.74, 6) is 0.305. The number of aliphatic hydroxyl groups is 1. The van der Waals surface area contributed by atoms with Crippen LogP contribution in [0.3, 0.4) is 0 Å². The summed E-state index contributed by atoms with van der Waals surface area (Å²) in [4.78, 5) is 24.7. The highest BCUT2D eigenvalue weighted by Gasteiger charge is 2.21. The fourth-order valence-electron chi connectivity index (χ4n) is 2.92. The number of benzene rings is 2. The van der Waals surface area contributed by atoms with Crippen molar-refractivity contribution in [3.05, 3.63) is 48.2 Å². The number of hydrogen-bond acceptors (Lipinski definition) is 6. The number of ether oxygens (including phenoxy) is 2. The Morgan fingerprint density at radius 3 is 2.89 bits per heavy atom. The first-order chi connectivity index (χ1) is 13.6. The maximum absolute atomic E-state index is 12.4. The number of anilines is 1. The molecule has 28 heavy (non-hydrogen) atoms. The fraction of sp³-hybridized carbons (Fsp3) is 0.211. The van der Waals surface area contributed by atoms with Crippen molar-refractivity contribution in [1.82, 2.24) is 15.5 Å². The summed E-state index contributed by atoms with van der Waals surface area (Å²) < 4.78 is 10.5. The first-order valence-corrected chi connectivity index (χ1v) is 8.65. The Labute approximate surface area is 159 Å². The molecule has 1 aliphatic heterocycles. The lowest BCUT2D eigenvalue weighted by atomic mass is 10.1. The molecule has 4 rings (SSSR count). The van der Waals surface area contributed by atoms with E-state index in [-0.39, 0.29) is 13.2 Å². The van der Waals surface area contributed by atoms with Crippen molar-refractivity contribution in [2.45, 2.75) is 12.5 Å². The van der Waals surface area contributed by atoms with Gasteiger partial charge < -0.3 is 25.2 Å². The molecule has 1 aliphatic rings. The van der Waals surface area contributed by atoms with Gasteiger partial charge in [-0.1, -0.05) is 6.07 Å². The van der Waals surface area contributed by atoms with Gasteiger partial charge in [0, 0.05) is 11.1 Å². The van der Waals surface area contributed by atoms with Crippen molar-refractivity contribution in [2.75, 3.05) is 18.7 Å². The monoisotopic (exact) mass is 382 g/mol. The van der Waals surface area contributed by atoms with Gasteiger partial charge in [0.25, 0.3) is 0 Å². The maximum Gasteiger partial charge on any atom is 0.249 e. The van der Waals surface area contributed by atoms with Gasteiger partial charge in [0.15, 0.2) is 11.5 Å². The van der Waals surface area contributed by atoms with E-state index >= 15 is 0 Å². The molecule has 0 fully saturated rings. The SMILES string of the molecule is O=C(Cc1ccc2c(c1)OCO2)NC(CO)C(=O)Nc1ccc2cn[nH]c2c1. The fourth-order valence-corrected chi connectivity index (χ4v) is 2.92. The second kappa shape index (κ2) is 7.57. The van der Waals surface area contributed by atoms with Crippen LogP contribution >= 0.6 is 0 Å². The average molecular weight is 382 g/mol. The van der Waals surface area contributed by atoms with Gasteiger partial charge in [-0.05, 0) is 35.9 Å². The Hall–Kier alpha value is -3.59. The quantitative estimate of drug-likeness (QED) is 0.503. The molecule has 144 valence electrons. The molecule has 0 spiro atoms. The number of amides is 2. The number of hydrogen-bond donors (Lipinski definition) is 4. The number of fused-ring (bicyclic) bond motifs is 2. The lowest BCUT2D eigenvalue weighted by Crippen LogP contribution is -2.46. The summed E-state index contributed by atoms with van der Waals surface area (Å²) in [5, 5.41) is 22.4. The number of carbonyl (C=O) groups is 2. The Balaban J connectivity index is 1.37. The average Bonchev–Trinajstić information content (AvgIpc) is 3.34. The highest BCUT2D eigenvalue weighted by molar-refractivity contribution is 5.98. The van der Waals surface area contributed by atoms with Crippen LogP contribution in [0.25, 0.3) is 10.9 Å². The second-order valence-electron chi connectivity index (χ2n) is 6.33. The van der Waals surface area contributed by atoms with E-state index in [1.807, 2.05) is 0 Å². The van der Waals surface area contributed by atoms with Crippen LogP contribution in [-0.4, -0.2) is 46.6 Å². The molecule has 3 aromatic rings. The molecule has 0 bridgehead atoms. The van der Waals surface area contributed by atoms with Crippen LogP contribution in [0.15, 0.2) is 42.6 Å². The summed E-state index contributed by atoms with van der Waals surface area (Å²) in [6.07, 6.45) is 1.72. The predicted octanol–water partition coefficient (Wildman–Crippen LogP) is 0.950. The molecule has 1 unspecified atom stereocenters. The molecule has 9 nitrogen and oxygen atoms in total. The van der Waals surface area contributed by atoms with Gasteiger partial charge in [0.2, 0.25) is 18.6 Å². The van der Waals surface area contributed by atoms with Crippen molar-refractivity contribution >= 4 is 28.4 Å². The molecule has 2 amide bonds. The number of aliphatic hydroxyl groups excluding tert-OH is 1. The summed E-state index contributed by atoms with van der Waals surface area (Å²) in [5.41, 5.74) is 2.01. The molecule has 0 radical (unpaired) electrons. The number of aromatic nitrogens is 2. The number of rotatable bonds is 6. The molecule has 0 saturated carbocycles. The molecule has 1 atom stereocenters. The van der Waals surface area contributed by atoms with Gasteiger partial charge in [-0.2, -0.15) is 5.10 Å². The van der Waals surface area contributed by atoms with Crippen LogP contribution < -0.4 is 20.1 Å². The van der Waals surface area contributed by atoms with Gasteiger partial charge in [-0.15, -0.1) is 0 Å². The van der Waals surface area contributed by atoms with Crippen LogP contribution in [-0.2, 0) is 16.0 Å². The summed E-state index contributed by atoms with van der Waals surface area (Å²) in [6, 6.07) is 9.38. The van der Waals surface area contributed by atoms with E-state index < -0.39 is 24.5 Å². The zero-order chi connectivity index (χ0) is 19.5. The molecule has 2 heterocycles. The van der Waals surface area contributed by atoms with Crippen molar-refractivity contribution in [2.24, 2.45) is 0 Å². The third kappa shape index (κ3) is 3.74. The summed E-state index contributed by atoms with van der Waals surface area (Å²) in [6.45, 7) is -0.368. The highest BCUT2D eigenvalue weighted by atomic mass is 16.7. The van der Waals surface area contributed by atoms with Crippen LogP contribution in [0.4, 0.5) is 5.69 Å². The number of nitrogens with zero attached hydrogens (tertiary/aromatic N) is 1. The first kappa shape index (κ1) is 17.8. The highest BCUT2D eigenvalue weighted by Crippen LogP contribution is 2.32. The lowest BCUT2D eigenvalue weighted by Gasteiger charge is -2.16. The molecule has 2 aromatic carbocycles. The number of aromatic amines is 1. The van der Waals surface area contributed by atoms with E-state index in [1.54, 1.807) is 42.6 Å². The summed E-state index contributed by atoms with van der Waals surface area (Å²) in [7, 11) is 0. The largest absolute Gasteiger partial charge is 0.454 e. The molecule has 1 aromatic heterocycles. The predicted molar refractivity (Wildman–Crippen MR) is 100 cm³/mol. The Morgan fingerprint density at radius 1 is 1.18 bits per heavy atom. The van der Waals surface area contributed by atoms with Gasteiger partial charge in [-0.3, -0.25) is 14.7 Å². The van der Waals surface area contributed by atoms with E-state index in [2.05, 4.69) is 20.8 Å². The zero-order valence-corrected chi connectivity index (χ0v) is 14.8. The van der Waals surface area contributed by atoms with Crippen LogP contribution in [0, 0.1) is 0 Å². The molecule has 0 saturated heterocycles. The van der Waals surface area contributed by atoms with E-state index in [0.29, 0.717) is 22.7 Å². The van der Waals surface area contributed by atoms with Gasteiger partial charge >= 0.3 is 0 Å². The zero-order valence-electron chi connectivity index (χ0n) is 14.8. The van der Waals surface area contributed by atoms with Crippen molar-refractivity contribution < 1.29 is 24.2 Å². The second-order valence-corrected chi connectivity index (χ2v) is 6.33. The molecular weight excluding hydrogens is 364 g/mol.